The van der Waals surface area contributed by atoms with Crippen LogP contribution in [-0.2, 0) is 5.75 Å². The number of carboxylic acid groups (broad SMARTS) is 1. The zero-order valence-corrected chi connectivity index (χ0v) is 12.6. The van der Waals surface area contributed by atoms with Crippen LogP contribution in [0.1, 0.15) is 22.8 Å². The van der Waals surface area contributed by atoms with Gasteiger partial charge in [-0.3, -0.25) is 0 Å². The Kier molecular flexibility index (Phi) is 5.42. The first-order chi connectivity index (χ1) is 10.1. The molecule has 0 aromatic heterocycles. The topological polar surface area (TPSA) is 57.5 Å². The fraction of sp³-hybridized carbons (Fsp3) is 0.235. The lowest BCUT2D eigenvalue weighted by atomic mass is 9.99. The van der Waals surface area contributed by atoms with Crippen molar-refractivity contribution in [2.45, 2.75) is 17.9 Å². The summed E-state index contributed by atoms with van der Waals surface area (Å²) in [4.78, 5) is 11.2. The number of carboxylic acids is 1. The van der Waals surface area contributed by atoms with Gasteiger partial charge in [-0.1, -0.05) is 49.4 Å². The number of benzene rings is 2. The average Bonchev–Trinajstić information content (AvgIpc) is 2.53. The summed E-state index contributed by atoms with van der Waals surface area (Å²) in [5, 5.41) is 18.5. The van der Waals surface area contributed by atoms with E-state index < -0.39 is 5.97 Å². The molecular weight excluding hydrogens is 284 g/mol. The highest BCUT2D eigenvalue weighted by Gasteiger charge is 2.10. The Hall–Kier alpha value is -1.78. The zero-order chi connectivity index (χ0) is 15.2. The van der Waals surface area contributed by atoms with Gasteiger partial charge in [0.1, 0.15) is 0 Å². The molecule has 0 saturated heterocycles. The van der Waals surface area contributed by atoms with Crippen LogP contribution in [0.2, 0.25) is 0 Å². The number of aromatic carboxylic acids is 1. The molecule has 0 heterocycles. The molecule has 2 N–H and O–H groups in total. The number of aliphatic hydroxyl groups excluding tert-OH is 1. The van der Waals surface area contributed by atoms with Crippen LogP contribution in [-0.4, -0.2) is 28.0 Å². The first kappa shape index (κ1) is 15.6. The van der Waals surface area contributed by atoms with Crippen LogP contribution in [0.25, 0.3) is 11.1 Å². The molecule has 0 aliphatic heterocycles. The van der Waals surface area contributed by atoms with E-state index in [4.69, 9.17) is 5.11 Å². The van der Waals surface area contributed by atoms with Gasteiger partial charge < -0.3 is 10.2 Å². The van der Waals surface area contributed by atoms with Gasteiger partial charge in [0.15, 0.2) is 0 Å². The number of thioether (sulfide) groups is 1. The summed E-state index contributed by atoms with van der Waals surface area (Å²) >= 11 is 1.70. The summed E-state index contributed by atoms with van der Waals surface area (Å²) in [5.41, 5.74) is 3.11. The Balaban J connectivity index is 2.18. The zero-order valence-electron chi connectivity index (χ0n) is 11.8. The highest BCUT2D eigenvalue weighted by atomic mass is 32.2. The van der Waals surface area contributed by atoms with Crippen LogP contribution < -0.4 is 0 Å². The molecule has 0 bridgehead atoms. The Morgan fingerprint density at radius 2 is 1.81 bits per heavy atom. The van der Waals surface area contributed by atoms with Gasteiger partial charge >= 0.3 is 5.97 Å². The van der Waals surface area contributed by atoms with Crippen molar-refractivity contribution in [2.24, 2.45) is 0 Å². The van der Waals surface area contributed by atoms with Gasteiger partial charge in [-0.25, -0.2) is 4.79 Å². The van der Waals surface area contributed by atoms with E-state index in [0.717, 1.165) is 22.4 Å². The Morgan fingerprint density at radius 3 is 2.43 bits per heavy atom. The molecule has 0 aliphatic carbocycles. The molecule has 0 saturated carbocycles. The predicted molar refractivity (Wildman–Crippen MR) is 86.7 cm³/mol. The maximum absolute atomic E-state index is 11.2. The second kappa shape index (κ2) is 7.29. The van der Waals surface area contributed by atoms with Crippen LogP contribution in [0.3, 0.4) is 0 Å². The Morgan fingerprint density at radius 1 is 1.14 bits per heavy atom. The minimum absolute atomic E-state index is 0.175. The van der Waals surface area contributed by atoms with Crippen molar-refractivity contribution >= 4 is 17.7 Å². The normalized spacial score (nSPS) is 12.1. The number of hydrogen-bond donors (Lipinski definition) is 2. The van der Waals surface area contributed by atoms with Gasteiger partial charge in [0.2, 0.25) is 0 Å². The first-order valence-electron chi connectivity index (χ1n) is 6.76. The van der Waals surface area contributed by atoms with Crippen molar-refractivity contribution in [3.63, 3.8) is 0 Å². The van der Waals surface area contributed by atoms with Crippen molar-refractivity contribution in [2.75, 3.05) is 6.61 Å². The van der Waals surface area contributed by atoms with Gasteiger partial charge in [0.25, 0.3) is 0 Å². The smallest absolute Gasteiger partial charge is 0.336 e. The Bertz CT molecular complexity index is 608. The van der Waals surface area contributed by atoms with E-state index in [1.165, 1.54) is 0 Å². The van der Waals surface area contributed by atoms with Crippen molar-refractivity contribution < 1.29 is 15.0 Å². The van der Waals surface area contributed by atoms with Crippen molar-refractivity contribution in [3.05, 3.63) is 59.7 Å². The largest absolute Gasteiger partial charge is 0.478 e. The molecule has 2 aromatic rings. The van der Waals surface area contributed by atoms with Crippen molar-refractivity contribution in [1.82, 2.24) is 0 Å². The molecule has 0 aliphatic rings. The molecule has 0 fully saturated rings. The summed E-state index contributed by atoms with van der Waals surface area (Å²) in [6.45, 7) is 2.16. The number of aliphatic hydroxyl groups is 1. The number of carbonyl (C=O) groups is 1. The molecule has 0 radical (unpaired) electrons. The first-order valence-corrected chi connectivity index (χ1v) is 7.80. The van der Waals surface area contributed by atoms with Crippen molar-refractivity contribution in [3.8, 4) is 11.1 Å². The highest BCUT2D eigenvalue weighted by molar-refractivity contribution is 7.99. The maximum Gasteiger partial charge on any atom is 0.336 e. The minimum atomic E-state index is -0.915. The van der Waals surface area contributed by atoms with Crippen LogP contribution in [0.4, 0.5) is 0 Å². The number of rotatable bonds is 6. The molecular formula is C17H18O3S. The standard InChI is InChI=1S/C17H18O3S/c1-12(10-18)21-11-13-6-8-14(9-7-13)15-4-2-3-5-16(15)17(19)20/h2-9,12,18H,10-11H2,1H3,(H,19,20). The molecule has 0 amide bonds. The molecule has 110 valence electrons. The van der Waals surface area contributed by atoms with Crippen LogP contribution >= 0.6 is 11.8 Å². The van der Waals surface area contributed by atoms with E-state index >= 15 is 0 Å². The average molecular weight is 302 g/mol. The van der Waals surface area contributed by atoms with E-state index in [1.807, 2.05) is 43.3 Å². The molecule has 4 heteroatoms. The van der Waals surface area contributed by atoms with Crippen molar-refractivity contribution in [1.29, 1.82) is 0 Å². The van der Waals surface area contributed by atoms with E-state index in [2.05, 4.69) is 0 Å². The van der Waals surface area contributed by atoms with Crippen LogP contribution in [0.15, 0.2) is 48.5 Å². The van der Waals surface area contributed by atoms with Gasteiger partial charge in [-0.15, -0.1) is 0 Å². The lowest BCUT2D eigenvalue weighted by molar-refractivity contribution is 0.0697. The van der Waals surface area contributed by atoms with E-state index in [0.29, 0.717) is 5.56 Å². The maximum atomic E-state index is 11.2. The molecule has 1 atom stereocenters. The summed E-state index contributed by atoms with van der Waals surface area (Å²) < 4.78 is 0. The Labute approximate surface area is 128 Å². The quantitative estimate of drug-likeness (QED) is 0.855. The summed E-state index contributed by atoms with van der Waals surface area (Å²) in [6, 6.07) is 14.9. The highest BCUT2D eigenvalue weighted by Crippen LogP contribution is 2.25. The van der Waals surface area contributed by atoms with Gasteiger partial charge in [0.05, 0.1) is 12.2 Å². The second-order valence-electron chi connectivity index (χ2n) is 4.85. The second-order valence-corrected chi connectivity index (χ2v) is 6.28. The minimum Gasteiger partial charge on any atom is -0.478 e. The SMILES string of the molecule is CC(CO)SCc1ccc(-c2ccccc2C(=O)O)cc1. The monoisotopic (exact) mass is 302 g/mol. The van der Waals surface area contributed by atoms with Gasteiger partial charge in [-0.2, -0.15) is 11.8 Å². The third kappa shape index (κ3) is 4.09. The lowest BCUT2D eigenvalue weighted by Gasteiger charge is -2.09. The van der Waals surface area contributed by atoms with E-state index in [-0.39, 0.29) is 11.9 Å². The third-order valence-electron chi connectivity index (χ3n) is 3.21. The molecule has 2 rings (SSSR count). The fourth-order valence-corrected chi connectivity index (χ4v) is 2.77. The summed E-state index contributed by atoms with van der Waals surface area (Å²) in [5.74, 6) is -0.0789. The molecule has 21 heavy (non-hydrogen) atoms. The van der Waals surface area contributed by atoms with Gasteiger partial charge in [-0.05, 0) is 22.8 Å². The lowest BCUT2D eigenvalue weighted by Crippen LogP contribution is -2.02. The third-order valence-corrected chi connectivity index (χ3v) is 4.43. The molecule has 2 aromatic carbocycles. The van der Waals surface area contributed by atoms with Gasteiger partial charge in [0, 0.05) is 11.0 Å². The van der Waals surface area contributed by atoms with E-state index in [9.17, 15) is 9.90 Å². The summed E-state index contributed by atoms with van der Waals surface area (Å²) in [6.07, 6.45) is 0. The fourth-order valence-electron chi connectivity index (χ4n) is 1.99. The molecule has 0 spiro atoms. The van der Waals surface area contributed by atoms with Crippen LogP contribution in [0.5, 0.6) is 0 Å². The molecule has 1 unspecified atom stereocenters. The number of hydrogen-bond acceptors (Lipinski definition) is 3. The van der Waals surface area contributed by atoms with E-state index in [1.54, 1.807) is 23.9 Å². The molecule has 3 nitrogen and oxygen atoms in total. The summed E-state index contributed by atoms with van der Waals surface area (Å²) in [7, 11) is 0. The van der Waals surface area contributed by atoms with Crippen LogP contribution in [0, 0.1) is 0 Å². The predicted octanol–water partition coefficient (Wildman–Crippen LogP) is 3.67.